The Morgan fingerprint density at radius 1 is 1.25 bits per heavy atom. The molecule has 5 nitrogen and oxygen atoms in total. The first kappa shape index (κ1) is 12.9. The van der Waals surface area contributed by atoms with Gasteiger partial charge in [-0.2, -0.15) is 10.2 Å². The molecule has 0 fully saturated rings. The van der Waals surface area contributed by atoms with Gasteiger partial charge in [0.1, 0.15) is 0 Å². The van der Waals surface area contributed by atoms with Crippen LogP contribution < -0.4 is 5.32 Å². The van der Waals surface area contributed by atoms with Crippen molar-refractivity contribution in [2.45, 2.75) is 19.4 Å². The number of nitrogens with one attached hydrogen (secondary N) is 1. The third-order valence-electron chi connectivity index (χ3n) is 3.52. The van der Waals surface area contributed by atoms with Gasteiger partial charge in [0.25, 0.3) is 0 Å². The molecule has 3 rings (SSSR count). The Labute approximate surface area is 118 Å². The van der Waals surface area contributed by atoms with Crippen LogP contribution in [0, 0.1) is 0 Å². The lowest BCUT2D eigenvalue weighted by Gasteiger charge is -2.18. The molecule has 0 aliphatic carbocycles. The maximum absolute atomic E-state index is 4.43. The van der Waals surface area contributed by atoms with Gasteiger partial charge in [-0.3, -0.25) is 4.68 Å². The standard InChI is InChI=1S/C15H19N5/c1-3-8-16-15(14-7-9-17-19(14)2)12-11-18-20-10-5-4-6-13(12)20/h4-7,9-11,15-16H,3,8H2,1-2H3. The number of rotatable bonds is 5. The molecule has 20 heavy (non-hydrogen) atoms. The van der Waals surface area contributed by atoms with E-state index in [4.69, 9.17) is 0 Å². The fraction of sp³-hybridized carbons (Fsp3) is 0.333. The Morgan fingerprint density at radius 2 is 2.15 bits per heavy atom. The molecule has 0 amide bonds. The van der Waals surface area contributed by atoms with Gasteiger partial charge >= 0.3 is 0 Å². The van der Waals surface area contributed by atoms with Crippen molar-refractivity contribution in [1.29, 1.82) is 0 Å². The monoisotopic (exact) mass is 269 g/mol. The fourth-order valence-electron chi connectivity index (χ4n) is 2.51. The average Bonchev–Trinajstić information content (AvgIpc) is 3.07. The zero-order valence-corrected chi connectivity index (χ0v) is 11.8. The van der Waals surface area contributed by atoms with Crippen LogP contribution in [0.25, 0.3) is 5.52 Å². The second-order valence-corrected chi connectivity index (χ2v) is 4.90. The lowest BCUT2D eigenvalue weighted by Crippen LogP contribution is -2.25. The van der Waals surface area contributed by atoms with Gasteiger partial charge in [0.15, 0.2) is 0 Å². The summed E-state index contributed by atoms with van der Waals surface area (Å²) < 4.78 is 3.83. The van der Waals surface area contributed by atoms with Crippen LogP contribution in [0.5, 0.6) is 0 Å². The molecule has 3 heterocycles. The van der Waals surface area contributed by atoms with E-state index in [2.05, 4.69) is 34.6 Å². The molecule has 1 unspecified atom stereocenters. The molecule has 0 aromatic carbocycles. The molecule has 3 aromatic heterocycles. The van der Waals surface area contributed by atoms with Crippen molar-refractivity contribution in [3.05, 3.63) is 54.1 Å². The Hall–Kier alpha value is -2.14. The topological polar surface area (TPSA) is 47.1 Å². The zero-order valence-electron chi connectivity index (χ0n) is 11.8. The molecule has 0 aliphatic heterocycles. The summed E-state index contributed by atoms with van der Waals surface area (Å²) in [6.45, 7) is 3.13. The van der Waals surface area contributed by atoms with Crippen molar-refractivity contribution in [3.63, 3.8) is 0 Å². The van der Waals surface area contributed by atoms with Crippen LogP contribution >= 0.6 is 0 Å². The van der Waals surface area contributed by atoms with Crippen LogP contribution in [-0.4, -0.2) is 25.9 Å². The summed E-state index contributed by atoms with van der Waals surface area (Å²) in [6, 6.07) is 8.30. The van der Waals surface area contributed by atoms with Crippen LogP contribution in [0.3, 0.4) is 0 Å². The van der Waals surface area contributed by atoms with Crippen molar-refractivity contribution in [2.75, 3.05) is 6.54 Å². The van der Waals surface area contributed by atoms with Gasteiger partial charge in [0.2, 0.25) is 0 Å². The molecule has 1 N–H and O–H groups in total. The van der Waals surface area contributed by atoms with Crippen molar-refractivity contribution in [1.82, 2.24) is 24.7 Å². The first-order valence-electron chi connectivity index (χ1n) is 6.95. The molecule has 1 atom stereocenters. The van der Waals surface area contributed by atoms with Gasteiger partial charge in [-0.1, -0.05) is 13.0 Å². The van der Waals surface area contributed by atoms with Crippen LogP contribution in [0.1, 0.15) is 30.6 Å². The minimum absolute atomic E-state index is 0.113. The Morgan fingerprint density at radius 3 is 2.90 bits per heavy atom. The van der Waals surface area contributed by atoms with Gasteiger partial charge in [-0.15, -0.1) is 0 Å². The lowest BCUT2D eigenvalue weighted by atomic mass is 10.1. The highest BCUT2D eigenvalue weighted by atomic mass is 15.3. The molecule has 0 saturated carbocycles. The Kier molecular flexibility index (Phi) is 3.52. The third kappa shape index (κ3) is 2.20. The number of hydrogen-bond acceptors (Lipinski definition) is 3. The van der Waals surface area contributed by atoms with E-state index >= 15 is 0 Å². The summed E-state index contributed by atoms with van der Waals surface area (Å²) in [4.78, 5) is 0. The Balaban J connectivity index is 2.07. The largest absolute Gasteiger partial charge is 0.305 e. The Bertz CT molecular complexity index is 697. The van der Waals surface area contributed by atoms with Gasteiger partial charge in [-0.25, -0.2) is 4.52 Å². The van der Waals surface area contributed by atoms with Gasteiger partial charge in [0, 0.05) is 25.0 Å². The average molecular weight is 269 g/mol. The molecule has 104 valence electrons. The van der Waals surface area contributed by atoms with E-state index in [1.165, 1.54) is 5.56 Å². The summed E-state index contributed by atoms with van der Waals surface area (Å²) in [5, 5.41) is 12.3. The number of nitrogens with zero attached hydrogens (tertiary/aromatic N) is 4. The van der Waals surface area contributed by atoms with Crippen LogP contribution in [0.2, 0.25) is 0 Å². The highest BCUT2D eigenvalue weighted by Gasteiger charge is 2.20. The predicted octanol–water partition coefficient (Wildman–Crippen LogP) is 2.16. The highest BCUT2D eigenvalue weighted by Crippen LogP contribution is 2.25. The summed E-state index contributed by atoms with van der Waals surface area (Å²) in [7, 11) is 1.97. The van der Waals surface area contributed by atoms with Crippen molar-refractivity contribution < 1.29 is 0 Å². The minimum Gasteiger partial charge on any atom is -0.305 e. The minimum atomic E-state index is 0.113. The van der Waals surface area contributed by atoms with Crippen molar-refractivity contribution in [2.24, 2.45) is 7.05 Å². The maximum Gasteiger partial charge on any atom is 0.0785 e. The summed E-state index contributed by atoms with van der Waals surface area (Å²) in [5.74, 6) is 0. The molecular weight excluding hydrogens is 250 g/mol. The first-order chi connectivity index (χ1) is 9.81. The number of aryl methyl sites for hydroxylation is 1. The molecular formula is C15H19N5. The van der Waals surface area contributed by atoms with E-state index in [-0.39, 0.29) is 6.04 Å². The van der Waals surface area contributed by atoms with Crippen LogP contribution in [0.15, 0.2) is 42.9 Å². The van der Waals surface area contributed by atoms with E-state index in [0.29, 0.717) is 0 Å². The summed E-state index contributed by atoms with van der Waals surface area (Å²) >= 11 is 0. The molecule has 0 saturated heterocycles. The number of hydrogen-bond donors (Lipinski definition) is 1. The van der Waals surface area contributed by atoms with Crippen molar-refractivity contribution >= 4 is 5.52 Å². The number of fused-ring (bicyclic) bond motifs is 1. The van der Waals surface area contributed by atoms with E-state index in [1.807, 2.05) is 47.0 Å². The zero-order chi connectivity index (χ0) is 13.9. The van der Waals surface area contributed by atoms with Crippen molar-refractivity contribution in [3.8, 4) is 0 Å². The highest BCUT2D eigenvalue weighted by molar-refractivity contribution is 5.56. The third-order valence-corrected chi connectivity index (χ3v) is 3.52. The molecule has 0 aliphatic rings. The predicted molar refractivity (Wildman–Crippen MR) is 78.5 cm³/mol. The molecule has 5 heteroatoms. The second-order valence-electron chi connectivity index (χ2n) is 4.90. The normalized spacial score (nSPS) is 12.9. The lowest BCUT2D eigenvalue weighted by molar-refractivity contribution is 0.556. The SMILES string of the molecule is CCCNC(c1cnn2ccccc12)c1ccnn1C. The molecule has 0 radical (unpaired) electrons. The number of pyridine rings is 1. The smallest absolute Gasteiger partial charge is 0.0785 e. The van der Waals surface area contributed by atoms with E-state index in [1.54, 1.807) is 0 Å². The fourth-order valence-corrected chi connectivity index (χ4v) is 2.51. The van der Waals surface area contributed by atoms with E-state index in [9.17, 15) is 0 Å². The molecule has 3 aromatic rings. The summed E-state index contributed by atoms with van der Waals surface area (Å²) in [5.41, 5.74) is 3.46. The quantitative estimate of drug-likeness (QED) is 0.772. The number of aromatic nitrogens is 4. The molecule has 0 spiro atoms. The molecule has 0 bridgehead atoms. The van der Waals surface area contributed by atoms with Gasteiger partial charge in [-0.05, 0) is 31.2 Å². The van der Waals surface area contributed by atoms with Crippen LogP contribution in [-0.2, 0) is 7.05 Å². The van der Waals surface area contributed by atoms with E-state index in [0.717, 1.165) is 24.2 Å². The second kappa shape index (κ2) is 5.46. The van der Waals surface area contributed by atoms with Gasteiger partial charge in [0.05, 0.1) is 23.4 Å². The maximum atomic E-state index is 4.43. The summed E-state index contributed by atoms with van der Waals surface area (Å²) in [6.07, 6.45) is 6.84. The van der Waals surface area contributed by atoms with Crippen LogP contribution in [0.4, 0.5) is 0 Å². The van der Waals surface area contributed by atoms with E-state index < -0.39 is 0 Å². The van der Waals surface area contributed by atoms with Gasteiger partial charge < -0.3 is 5.32 Å². The first-order valence-corrected chi connectivity index (χ1v) is 6.95.